The summed E-state index contributed by atoms with van der Waals surface area (Å²) in [4.78, 5) is 35.7. The zero-order valence-electron chi connectivity index (χ0n) is 29.8. The van der Waals surface area contributed by atoms with Crippen LogP contribution in [-0.2, 0) is 0 Å². The number of halogens is 1. The van der Waals surface area contributed by atoms with Crippen molar-refractivity contribution in [2.24, 2.45) is 5.92 Å². The van der Waals surface area contributed by atoms with E-state index in [0.29, 0.717) is 41.2 Å². The number of thiazole rings is 3. The molecule has 4 atom stereocenters. The Balaban J connectivity index is 0.000000145. The molecule has 7 aromatic rings. The topological polar surface area (TPSA) is 188 Å². The maximum atomic E-state index is 10.6. The highest BCUT2D eigenvalue weighted by Gasteiger charge is 2.42. The lowest BCUT2D eigenvalue weighted by atomic mass is 10.1. The van der Waals surface area contributed by atoms with Crippen LogP contribution in [0.2, 0.25) is 5.15 Å². The van der Waals surface area contributed by atoms with Gasteiger partial charge in [0.2, 0.25) is 5.95 Å². The Bertz CT molecular complexity index is 2470. The van der Waals surface area contributed by atoms with Gasteiger partial charge < -0.3 is 26.0 Å². The summed E-state index contributed by atoms with van der Waals surface area (Å²) in [6, 6.07) is 5.91. The first-order chi connectivity index (χ1) is 26.8. The lowest BCUT2D eigenvalue weighted by molar-refractivity contribution is 0.00446. The van der Waals surface area contributed by atoms with E-state index in [2.05, 4.69) is 35.6 Å². The minimum Gasteiger partial charge on any atom is -0.396 e. The SMILES string of the molecule is Cc1nc(NC2CC2)nc(N[C@@H]2C[C@H](CO)[C@@H](O)[C@H]2O)c1-c1nc2c(C3CC3)nccc2s1.Clc1nccc2scnc12.c1cc2scnc2c(C2CC2)n1. The van der Waals surface area contributed by atoms with Crippen molar-refractivity contribution < 1.29 is 15.3 Å². The van der Waals surface area contributed by atoms with Crippen LogP contribution in [0.4, 0.5) is 11.8 Å². The van der Waals surface area contributed by atoms with Crippen LogP contribution in [0, 0.1) is 12.8 Å². The number of aliphatic hydroxyl groups is 3. The van der Waals surface area contributed by atoms with E-state index in [4.69, 9.17) is 26.6 Å². The maximum Gasteiger partial charge on any atom is 0.225 e. The zero-order valence-corrected chi connectivity index (χ0v) is 33.0. The summed E-state index contributed by atoms with van der Waals surface area (Å²) in [5.74, 6) is 1.96. The molecule has 4 saturated carbocycles. The van der Waals surface area contributed by atoms with Crippen molar-refractivity contribution >= 4 is 88.0 Å². The van der Waals surface area contributed by atoms with Crippen LogP contribution in [-0.4, -0.2) is 86.1 Å². The average molecular weight is 815 g/mol. The number of aryl methyl sites for hydroxylation is 1. The first-order valence-electron chi connectivity index (χ1n) is 18.5. The van der Waals surface area contributed by atoms with Crippen molar-refractivity contribution in [3.63, 3.8) is 0 Å². The number of anilines is 2. The van der Waals surface area contributed by atoms with Gasteiger partial charge in [0, 0.05) is 49.0 Å². The fourth-order valence-corrected chi connectivity index (χ4v) is 9.58. The highest BCUT2D eigenvalue weighted by Crippen LogP contribution is 2.45. The fourth-order valence-electron chi connectivity index (χ4n) is 6.90. The Morgan fingerprint density at radius 1 is 0.727 bits per heavy atom. The Morgan fingerprint density at radius 3 is 2.00 bits per heavy atom. The second-order valence-electron chi connectivity index (χ2n) is 14.5. The molecule has 0 unspecified atom stereocenters. The second kappa shape index (κ2) is 15.5. The zero-order chi connectivity index (χ0) is 37.6. The molecule has 4 aliphatic carbocycles. The number of pyridine rings is 3. The predicted molar refractivity (Wildman–Crippen MR) is 218 cm³/mol. The highest BCUT2D eigenvalue weighted by molar-refractivity contribution is 7.21. The average Bonchev–Trinajstić information content (AvgIpc) is 4.16. The van der Waals surface area contributed by atoms with E-state index in [-0.39, 0.29) is 12.5 Å². The number of hydrogen-bond donors (Lipinski definition) is 5. The molecule has 0 saturated heterocycles. The smallest absolute Gasteiger partial charge is 0.225 e. The summed E-state index contributed by atoms with van der Waals surface area (Å²) >= 11 is 10.6. The standard InChI is InChI=1S/C23H28N6O3S.C9H8N2S.C6H3ClN2S/c1-10-16(22-28-18-15(33-22)6-7-24-17(18)11-2-3-11)21(29-23(25-10)26-13-4-5-13)27-14-8-12(9-30)19(31)20(14)32;1-2-6(1)8-9-7(3-4-10-8)12-5-11-9;7-6-5-4(1-2-8-6)10-3-9-5/h6-7,11-14,19-20,30-32H,2-5,8-9H2,1H3,(H2,25,26,27,29);3-6H,1-2H2;1-3H/t12-,14-,19-,20+;;/m1../s1. The van der Waals surface area contributed by atoms with Crippen molar-refractivity contribution in [3.05, 3.63) is 70.0 Å². The van der Waals surface area contributed by atoms with Crippen LogP contribution >= 0.6 is 45.6 Å². The van der Waals surface area contributed by atoms with Gasteiger partial charge in [-0.25, -0.2) is 24.9 Å². The van der Waals surface area contributed by atoms with Gasteiger partial charge in [-0.05, 0) is 70.1 Å². The van der Waals surface area contributed by atoms with Crippen molar-refractivity contribution in [1.82, 2.24) is 39.9 Å². The highest BCUT2D eigenvalue weighted by atomic mass is 35.5. The molecule has 17 heteroatoms. The summed E-state index contributed by atoms with van der Waals surface area (Å²) in [5, 5.41) is 38.5. The van der Waals surface area contributed by atoms with Gasteiger partial charge >= 0.3 is 0 Å². The quantitative estimate of drug-likeness (QED) is 0.0961. The van der Waals surface area contributed by atoms with Crippen molar-refractivity contribution in [2.45, 2.75) is 88.0 Å². The van der Waals surface area contributed by atoms with Gasteiger partial charge in [-0.2, -0.15) is 4.98 Å². The number of hydrogen-bond acceptors (Lipinski definition) is 16. The maximum absolute atomic E-state index is 10.6. The third kappa shape index (κ3) is 7.86. The van der Waals surface area contributed by atoms with Crippen LogP contribution in [0.1, 0.15) is 73.9 Å². The van der Waals surface area contributed by atoms with Crippen LogP contribution in [0.5, 0.6) is 0 Å². The van der Waals surface area contributed by atoms with E-state index in [1.54, 1.807) is 45.7 Å². The van der Waals surface area contributed by atoms with E-state index in [1.807, 2.05) is 43.0 Å². The molecule has 0 bridgehead atoms. The number of rotatable bonds is 8. The number of aliphatic hydroxyl groups excluding tert-OH is 3. The molecule has 7 aromatic heterocycles. The Morgan fingerprint density at radius 2 is 1.36 bits per heavy atom. The molecule has 5 N–H and O–H groups in total. The molecular weight excluding hydrogens is 776 g/mol. The summed E-state index contributed by atoms with van der Waals surface area (Å²) in [6.45, 7) is 1.78. The molecule has 0 amide bonds. The molecule has 0 radical (unpaired) electrons. The molecule has 0 aromatic carbocycles. The van der Waals surface area contributed by atoms with Gasteiger partial charge in [-0.15, -0.1) is 34.0 Å². The molecule has 4 fully saturated rings. The first-order valence-corrected chi connectivity index (χ1v) is 21.5. The lowest BCUT2D eigenvalue weighted by Crippen LogP contribution is -2.35. The van der Waals surface area contributed by atoms with Gasteiger partial charge in [-0.3, -0.25) is 9.97 Å². The predicted octanol–water partition coefficient (Wildman–Crippen LogP) is 7.34. The number of aromatic nitrogens is 8. The summed E-state index contributed by atoms with van der Waals surface area (Å²) < 4.78 is 3.44. The molecule has 55 heavy (non-hydrogen) atoms. The number of nitrogens with zero attached hydrogens (tertiary/aromatic N) is 8. The van der Waals surface area contributed by atoms with Gasteiger partial charge in [0.1, 0.15) is 33.5 Å². The number of fused-ring (bicyclic) bond motifs is 3. The van der Waals surface area contributed by atoms with E-state index < -0.39 is 18.2 Å². The molecule has 0 spiro atoms. The summed E-state index contributed by atoms with van der Waals surface area (Å²) in [5.41, 5.74) is 10.4. The second-order valence-corrected chi connectivity index (χ2v) is 17.7. The molecule has 7 heterocycles. The van der Waals surface area contributed by atoms with Gasteiger partial charge in [0.15, 0.2) is 5.15 Å². The molecule has 4 aliphatic rings. The summed E-state index contributed by atoms with van der Waals surface area (Å²) in [6.07, 6.45) is 11.0. The number of nitrogens with one attached hydrogen (secondary N) is 2. The monoisotopic (exact) mass is 814 g/mol. The van der Waals surface area contributed by atoms with E-state index in [1.165, 1.54) is 23.2 Å². The molecule has 13 nitrogen and oxygen atoms in total. The Kier molecular flexibility index (Phi) is 10.3. The van der Waals surface area contributed by atoms with Crippen LogP contribution in [0.15, 0.2) is 47.8 Å². The normalized spacial score (nSPS) is 22.0. The minimum atomic E-state index is -0.994. The molecule has 11 rings (SSSR count). The van der Waals surface area contributed by atoms with E-state index >= 15 is 0 Å². The van der Waals surface area contributed by atoms with E-state index in [9.17, 15) is 15.3 Å². The minimum absolute atomic E-state index is 0.171. The lowest BCUT2D eigenvalue weighted by Gasteiger charge is -2.21. The Labute approximate surface area is 333 Å². The molecule has 284 valence electrons. The van der Waals surface area contributed by atoms with Crippen LogP contribution < -0.4 is 10.6 Å². The fraction of sp³-hybridized carbons (Fsp3) is 0.421. The third-order valence-electron chi connectivity index (χ3n) is 10.3. The van der Waals surface area contributed by atoms with Crippen molar-refractivity contribution in [1.29, 1.82) is 0 Å². The first kappa shape index (κ1) is 36.6. The Hall–Kier alpha value is -4.03. The van der Waals surface area contributed by atoms with E-state index in [0.717, 1.165) is 73.6 Å². The van der Waals surface area contributed by atoms with Crippen molar-refractivity contribution in [2.75, 3.05) is 17.2 Å². The third-order valence-corrected chi connectivity index (χ3v) is 13.2. The summed E-state index contributed by atoms with van der Waals surface area (Å²) in [7, 11) is 0. The van der Waals surface area contributed by atoms with Gasteiger partial charge in [0.25, 0.3) is 0 Å². The van der Waals surface area contributed by atoms with Crippen LogP contribution in [0.25, 0.3) is 41.2 Å². The largest absolute Gasteiger partial charge is 0.396 e. The van der Waals surface area contributed by atoms with Gasteiger partial charge in [-0.1, -0.05) is 11.6 Å². The molecular formula is C38H39ClN10O3S3. The van der Waals surface area contributed by atoms with Gasteiger partial charge in [0.05, 0.1) is 59.9 Å². The molecule has 0 aliphatic heterocycles. The van der Waals surface area contributed by atoms with Crippen LogP contribution in [0.3, 0.4) is 0 Å². The van der Waals surface area contributed by atoms with Crippen molar-refractivity contribution in [3.8, 4) is 10.6 Å².